The van der Waals surface area contributed by atoms with Crippen LogP contribution in [0, 0.1) is 35.4 Å². The van der Waals surface area contributed by atoms with Crippen LogP contribution in [0.15, 0.2) is 12.1 Å². The average molecular weight is 160 g/mol. The molecule has 0 aliphatic carbocycles. The molecular weight excluding hydrogens is 155 g/mol. The molecule has 0 saturated heterocycles. The molecule has 0 heterocycles. The molecule has 1 aromatic carbocycles. The number of nitrogens with zero attached hydrogens (tertiary/aromatic N) is 2. The van der Waals surface area contributed by atoms with E-state index in [1.165, 1.54) is 6.07 Å². The van der Waals surface area contributed by atoms with Crippen molar-refractivity contribution in [2.75, 3.05) is 0 Å². The lowest BCUT2D eigenvalue weighted by Crippen LogP contribution is -1.89. The lowest BCUT2D eigenvalue weighted by Gasteiger charge is -1.97. The van der Waals surface area contributed by atoms with Gasteiger partial charge in [0.1, 0.15) is 11.9 Å². The molecule has 0 radical (unpaired) electrons. The lowest BCUT2D eigenvalue weighted by atomic mass is 10.1. The molecule has 1 aromatic rings. The summed E-state index contributed by atoms with van der Waals surface area (Å²) in [6.45, 7) is 1.67. The van der Waals surface area contributed by atoms with Gasteiger partial charge in [-0.1, -0.05) is 0 Å². The monoisotopic (exact) mass is 160 g/mol. The second-order valence-electron chi connectivity index (χ2n) is 2.37. The number of hydrogen-bond acceptors (Lipinski definition) is 2. The number of benzene rings is 1. The summed E-state index contributed by atoms with van der Waals surface area (Å²) in [7, 11) is 0. The van der Waals surface area contributed by atoms with Gasteiger partial charge in [-0.05, 0) is 24.6 Å². The zero-order valence-corrected chi connectivity index (χ0v) is 6.43. The van der Waals surface area contributed by atoms with Crippen LogP contribution < -0.4 is 0 Å². The van der Waals surface area contributed by atoms with Crippen LogP contribution in [0.25, 0.3) is 0 Å². The van der Waals surface area contributed by atoms with E-state index in [9.17, 15) is 4.39 Å². The van der Waals surface area contributed by atoms with Gasteiger partial charge in [0.15, 0.2) is 0 Å². The van der Waals surface area contributed by atoms with E-state index >= 15 is 0 Å². The summed E-state index contributed by atoms with van der Waals surface area (Å²) in [5, 5.41) is 16.9. The Morgan fingerprint density at radius 2 is 1.75 bits per heavy atom. The first-order valence-electron chi connectivity index (χ1n) is 3.29. The van der Waals surface area contributed by atoms with Crippen LogP contribution in [0.1, 0.15) is 16.7 Å². The highest BCUT2D eigenvalue weighted by Gasteiger charge is 2.05. The van der Waals surface area contributed by atoms with Gasteiger partial charge in [0.2, 0.25) is 0 Å². The van der Waals surface area contributed by atoms with Crippen LogP contribution in [0.3, 0.4) is 0 Å². The molecule has 0 unspecified atom stereocenters. The minimum absolute atomic E-state index is 0.0218. The third-order valence-corrected chi connectivity index (χ3v) is 1.55. The van der Waals surface area contributed by atoms with Gasteiger partial charge in [-0.25, -0.2) is 4.39 Å². The van der Waals surface area contributed by atoms with Crippen molar-refractivity contribution in [1.29, 1.82) is 10.5 Å². The summed E-state index contributed by atoms with van der Waals surface area (Å²) in [6, 6.07) is 5.99. The van der Waals surface area contributed by atoms with Crippen LogP contribution in [0.5, 0.6) is 0 Å². The standard InChI is InChI=1S/C9H5FN2/c1-6-2-8(5-12)9(10)3-7(6)4-11/h2-3H,1H3. The van der Waals surface area contributed by atoms with Crippen LogP contribution in [-0.2, 0) is 0 Å². The maximum absolute atomic E-state index is 12.8. The molecule has 58 valence electrons. The normalized spacial score (nSPS) is 8.67. The lowest BCUT2D eigenvalue weighted by molar-refractivity contribution is 0.623. The van der Waals surface area contributed by atoms with E-state index in [-0.39, 0.29) is 11.1 Å². The SMILES string of the molecule is Cc1cc(C#N)c(F)cc1C#N. The molecule has 1 rings (SSSR count). The molecular formula is C9H5FN2. The predicted octanol–water partition coefficient (Wildman–Crippen LogP) is 1.88. The zero-order chi connectivity index (χ0) is 9.14. The van der Waals surface area contributed by atoms with Crippen LogP contribution in [0.4, 0.5) is 4.39 Å². The van der Waals surface area contributed by atoms with Crippen molar-refractivity contribution in [3.05, 3.63) is 34.6 Å². The summed E-state index contributed by atoms with van der Waals surface area (Å²) in [5.74, 6) is -0.639. The highest BCUT2D eigenvalue weighted by Crippen LogP contribution is 2.13. The Labute approximate surface area is 69.5 Å². The van der Waals surface area contributed by atoms with Crippen molar-refractivity contribution in [1.82, 2.24) is 0 Å². The first-order valence-corrected chi connectivity index (χ1v) is 3.29. The Morgan fingerprint density at radius 1 is 1.17 bits per heavy atom. The Hall–Kier alpha value is -1.87. The Morgan fingerprint density at radius 3 is 2.25 bits per heavy atom. The van der Waals surface area contributed by atoms with Crippen molar-refractivity contribution >= 4 is 0 Å². The molecule has 3 heteroatoms. The van der Waals surface area contributed by atoms with Crippen LogP contribution in [0.2, 0.25) is 0 Å². The van der Waals surface area contributed by atoms with Gasteiger partial charge in [0.05, 0.1) is 17.2 Å². The highest BCUT2D eigenvalue weighted by atomic mass is 19.1. The molecule has 0 saturated carbocycles. The van der Waals surface area contributed by atoms with E-state index < -0.39 is 5.82 Å². The second kappa shape index (κ2) is 3.02. The maximum Gasteiger partial charge on any atom is 0.142 e. The number of aryl methyl sites for hydroxylation is 1. The van der Waals surface area contributed by atoms with E-state index in [1.54, 1.807) is 13.0 Å². The fourth-order valence-electron chi connectivity index (χ4n) is 0.888. The van der Waals surface area contributed by atoms with Gasteiger partial charge in [-0.15, -0.1) is 0 Å². The zero-order valence-electron chi connectivity index (χ0n) is 6.43. The maximum atomic E-state index is 12.8. The molecule has 0 atom stereocenters. The van der Waals surface area contributed by atoms with Gasteiger partial charge in [-0.3, -0.25) is 0 Å². The second-order valence-corrected chi connectivity index (χ2v) is 2.37. The van der Waals surface area contributed by atoms with E-state index in [0.29, 0.717) is 5.56 Å². The summed E-state index contributed by atoms with van der Waals surface area (Å²) < 4.78 is 12.8. The molecule has 2 nitrogen and oxygen atoms in total. The van der Waals surface area contributed by atoms with Gasteiger partial charge in [0.25, 0.3) is 0 Å². The first kappa shape index (κ1) is 8.23. The quantitative estimate of drug-likeness (QED) is 0.581. The Bertz CT molecular complexity index is 356. The smallest absolute Gasteiger partial charge is 0.142 e. The van der Waals surface area contributed by atoms with Gasteiger partial charge in [0, 0.05) is 0 Å². The molecule has 12 heavy (non-hydrogen) atoms. The number of rotatable bonds is 0. The van der Waals surface area contributed by atoms with Crippen molar-refractivity contribution in [3.8, 4) is 12.1 Å². The number of hydrogen-bond donors (Lipinski definition) is 0. The first-order chi connectivity index (χ1) is 5.69. The largest absolute Gasteiger partial charge is 0.205 e. The number of halogens is 1. The van der Waals surface area contributed by atoms with Gasteiger partial charge in [-0.2, -0.15) is 10.5 Å². The van der Waals surface area contributed by atoms with Crippen molar-refractivity contribution < 1.29 is 4.39 Å². The fraction of sp³-hybridized carbons (Fsp3) is 0.111. The van der Waals surface area contributed by atoms with Crippen molar-refractivity contribution in [2.24, 2.45) is 0 Å². The Balaban J connectivity index is 3.41. The summed E-state index contributed by atoms with van der Waals surface area (Å²) >= 11 is 0. The third-order valence-electron chi connectivity index (χ3n) is 1.55. The molecule has 0 amide bonds. The fourth-order valence-corrected chi connectivity index (χ4v) is 0.888. The summed E-state index contributed by atoms with van der Waals surface area (Å²) in [4.78, 5) is 0. The minimum atomic E-state index is -0.639. The van der Waals surface area contributed by atoms with Gasteiger partial charge < -0.3 is 0 Å². The van der Waals surface area contributed by atoms with Crippen LogP contribution >= 0.6 is 0 Å². The van der Waals surface area contributed by atoms with Crippen molar-refractivity contribution in [2.45, 2.75) is 6.92 Å². The topological polar surface area (TPSA) is 47.6 Å². The van der Waals surface area contributed by atoms with E-state index in [0.717, 1.165) is 6.07 Å². The molecule has 0 aliphatic heterocycles. The Kier molecular flexibility index (Phi) is 2.07. The summed E-state index contributed by atoms with van der Waals surface area (Å²) in [5.41, 5.74) is 0.869. The van der Waals surface area contributed by atoms with Gasteiger partial charge >= 0.3 is 0 Å². The number of nitriles is 2. The van der Waals surface area contributed by atoms with E-state index in [2.05, 4.69) is 0 Å². The highest BCUT2D eigenvalue weighted by molar-refractivity contribution is 5.44. The predicted molar refractivity (Wildman–Crippen MR) is 40.6 cm³/mol. The van der Waals surface area contributed by atoms with E-state index in [1.807, 2.05) is 6.07 Å². The van der Waals surface area contributed by atoms with E-state index in [4.69, 9.17) is 10.5 Å². The molecule has 0 aliphatic rings. The molecule has 0 bridgehead atoms. The average Bonchev–Trinajstić information content (AvgIpc) is 2.08. The molecule has 0 N–H and O–H groups in total. The van der Waals surface area contributed by atoms with Crippen LogP contribution in [-0.4, -0.2) is 0 Å². The van der Waals surface area contributed by atoms with Crippen molar-refractivity contribution in [3.63, 3.8) is 0 Å². The minimum Gasteiger partial charge on any atom is -0.205 e. The molecule has 0 aromatic heterocycles. The molecule has 0 fully saturated rings. The summed E-state index contributed by atoms with van der Waals surface area (Å²) in [6.07, 6.45) is 0. The third kappa shape index (κ3) is 1.26. The molecule has 0 spiro atoms.